The number of halogens is 2. The number of hydrogen-bond acceptors (Lipinski definition) is 2. The van der Waals surface area contributed by atoms with Crippen LogP contribution in [0.15, 0.2) is 16.6 Å². The van der Waals surface area contributed by atoms with Gasteiger partial charge in [0.2, 0.25) is 0 Å². The maximum atomic E-state index is 9.33. The van der Waals surface area contributed by atoms with Gasteiger partial charge < -0.3 is 10.2 Å². The highest BCUT2D eigenvalue weighted by atomic mass is 127. The van der Waals surface area contributed by atoms with Crippen LogP contribution in [0.5, 0.6) is 5.75 Å². The molecule has 0 spiro atoms. The molecule has 0 radical (unpaired) electrons. The Labute approximate surface area is 86.5 Å². The molecule has 60 valence electrons. The first kappa shape index (κ1) is 9.28. The molecule has 0 saturated heterocycles. The van der Waals surface area contributed by atoms with Crippen molar-refractivity contribution >= 4 is 38.5 Å². The summed E-state index contributed by atoms with van der Waals surface area (Å²) in [6, 6.07) is 3.48. The van der Waals surface area contributed by atoms with Gasteiger partial charge >= 0.3 is 0 Å². The van der Waals surface area contributed by atoms with Crippen LogP contribution in [0.1, 0.15) is 5.56 Å². The van der Waals surface area contributed by atoms with Crippen LogP contribution in [0.4, 0.5) is 0 Å². The number of hydrogen-bond donors (Lipinski definition) is 2. The molecule has 0 aliphatic heterocycles. The van der Waals surface area contributed by atoms with E-state index in [2.05, 4.69) is 15.9 Å². The normalized spacial score (nSPS) is 10.1. The molecule has 1 aromatic rings. The van der Waals surface area contributed by atoms with Crippen molar-refractivity contribution in [3.8, 4) is 5.75 Å². The molecule has 0 aliphatic carbocycles. The van der Waals surface area contributed by atoms with Crippen LogP contribution >= 0.6 is 38.5 Å². The van der Waals surface area contributed by atoms with Gasteiger partial charge in [0.15, 0.2) is 0 Å². The Morgan fingerprint density at radius 1 is 1.45 bits per heavy atom. The highest BCUT2D eigenvalue weighted by Gasteiger charge is 2.04. The fourth-order valence-corrected chi connectivity index (χ4v) is 2.35. The molecule has 0 fully saturated rings. The number of rotatable bonds is 1. The first-order valence-electron chi connectivity index (χ1n) is 2.93. The van der Waals surface area contributed by atoms with Gasteiger partial charge in [0, 0.05) is 10.0 Å². The number of benzene rings is 1. The lowest BCUT2D eigenvalue weighted by molar-refractivity contribution is 0.275. The third-order valence-electron chi connectivity index (χ3n) is 1.28. The fourth-order valence-electron chi connectivity index (χ4n) is 0.740. The van der Waals surface area contributed by atoms with Crippen molar-refractivity contribution in [3.63, 3.8) is 0 Å². The van der Waals surface area contributed by atoms with Crippen molar-refractivity contribution in [1.29, 1.82) is 0 Å². The number of phenols is 1. The van der Waals surface area contributed by atoms with Gasteiger partial charge in [0.25, 0.3) is 0 Å². The Kier molecular flexibility index (Phi) is 3.15. The molecule has 4 heteroatoms. The minimum absolute atomic E-state index is 0.138. The molecule has 11 heavy (non-hydrogen) atoms. The lowest BCUT2D eigenvalue weighted by atomic mass is 10.2. The van der Waals surface area contributed by atoms with Gasteiger partial charge in [-0.25, -0.2) is 0 Å². The van der Waals surface area contributed by atoms with E-state index in [-0.39, 0.29) is 12.4 Å². The predicted molar refractivity (Wildman–Crippen MR) is 54.4 cm³/mol. The Bertz CT molecular complexity index is 275. The van der Waals surface area contributed by atoms with E-state index < -0.39 is 0 Å². The molecule has 0 aromatic heterocycles. The summed E-state index contributed by atoms with van der Waals surface area (Å²) in [4.78, 5) is 0. The summed E-state index contributed by atoms with van der Waals surface area (Å²) in [6.07, 6.45) is 0. The summed E-state index contributed by atoms with van der Waals surface area (Å²) in [5.74, 6) is 0.163. The molecule has 0 aliphatic rings. The molecule has 0 unspecified atom stereocenters. The predicted octanol–water partition coefficient (Wildman–Crippen LogP) is 2.25. The van der Waals surface area contributed by atoms with Crippen molar-refractivity contribution in [2.24, 2.45) is 0 Å². The van der Waals surface area contributed by atoms with Crippen LogP contribution in [-0.2, 0) is 6.61 Å². The van der Waals surface area contributed by atoms with E-state index in [1.54, 1.807) is 12.1 Å². The Morgan fingerprint density at radius 3 is 2.64 bits per heavy atom. The van der Waals surface area contributed by atoms with E-state index in [4.69, 9.17) is 5.11 Å². The van der Waals surface area contributed by atoms with E-state index in [0.29, 0.717) is 5.56 Å². The van der Waals surface area contributed by atoms with Crippen molar-refractivity contribution in [2.45, 2.75) is 6.61 Å². The SMILES string of the molecule is OCc1cc(Br)cc(I)c1O. The highest BCUT2D eigenvalue weighted by molar-refractivity contribution is 14.1. The third kappa shape index (κ3) is 2.07. The second-order valence-electron chi connectivity index (χ2n) is 2.05. The Hall–Kier alpha value is 0.190. The van der Waals surface area contributed by atoms with Crippen molar-refractivity contribution < 1.29 is 10.2 Å². The third-order valence-corrected chi connectivity index (χ3v) is 2.56. The van der Waals surface area contributed by atoms with Gasteiger partial charge in [-0.15, -0.1) is 0 Å². The summed E-state index contributed by atoms with van der Waals surface area (Å²) in [7, 11) is 0. The summed E-state index contributed by atoms with van der Waals surface area (Å²) in [5, 5.41) is 18.1. The van der Waals surface area contributed by atoms with Crippen LogP contribution in [0.3, 0.4) is 0 Å². The van der Waals surface area contributed by atoms with E-state index in [1.807, 2.05) is 22.6 Å². The zero-order valence-corrected chi connectivity index (χ0v) is 9.26. The number of aliphatic hydroxyl groups is 1. The number of aromatic hydroxyl groups is 1. The summed E-state index contributed by atoms with van der Waals surface area (Å²) < 4.78 is 1.60. The molecule has 1 rings (SSSR count). The lowest BCUT2D eigenvalue weighted by Crippen LogP contribution is -1.86. The van der Waals surface area contributed by atoms with E-state index in [9.17, 15) is 5.11 Å². The van der Waals surface area contributed by atoms with Crippen LogP contribution in [0.2, 0.25) is 0 Å². The van der Waals surface area contributed by atoms with Gasteiger partial charge in [-0.3, -0.25) is 0 Å². The zero-order valence-electron chi connectivity index (χ0n) is 5.51. The van der Waals surface area contributed by atoms with Gasteiger partial charge in [-0.05, 0) is 34.7 Å². The van der Waals surface area contributed by atoms with E-state index >= 15 is 0 Å². The lowest BCUT2D eigenvalue weighted by Gasteiger charge is -2.03. The largest absolute Gasteiger partial charge is 0.506 e. The fraction of sp³-hybridized carbons (Fsp3) is 0.143. The van der Waals surface area contributed by atoms with Crippen molar-refractivity contribution in [2.75, 3.05) is 0 Å². The van der Waals surface area contributed by atoms with Crippen molar-refractivity contribution in [1.82, 2.24) is 0 Å². The first-order valence-corrected chi connectivity index (χ1v) is 4.80. The highest BCUT2D eigenvalue weighted by Crippen LogP contribution is 2.28. The smallest absolute Gasteiger partial charge is 0.134 e. The molecule has 0 saturated carbocycles. The topological polar surface area (TPSA) is 40.5 Å². The Balaban J connectivity index is 3.24. The van der Waals surface area contributed by atoms with Crippen LogP contribution < -0.4 is 0 Å². The molecule has 2 N–H and O–H groups in total. The van der Waals surface area contributed by atoms with Gasteiger partial charge in [-0.1, -0.05) is 15.9 Å². The van der Waals surface area contributed by atoms with Gasteiger partial charge in [0.1, 0.15) is 5.75 Å². The average molecular weight is 329 g/mol. The Morgan fingerprint density at radius 2 is 2.09 bits per heavy atom. The molecule has 0 heterocycles. The maximum absolute atomic E-state index is 9.33. The molecular weight excluding hydrogens is 323 g/mol. The van der Waals surface area contributed by atoms with Crippen molar-refractivity contribution in [3.05, 3.63) is 25.7 Å². The minimum Gasteiger partial charge on any atom is -0.506 e. The minimum atomic E-state index is -0.138. The second-order valence-corrected chi connectivity index (χ2v) is 4.13. The number of aliphatic hydroxyl groups excluding tert-OH is 1. The molecule has 0 bridgehead atoms. The molecule has 0 atom stereocenters. The van der Waals surface area contributed by atoms with Gasteiger partial charge in [0.05, 0.1) is 10.2 Å². The quantitative estimate of drug-likeness (QED) is 0.776. The summed E-state index contributed by atoms with van der Waals surface area (Å²) >= 11 is 5.27. The second kappa shape index (κ2) is 3.73. The molecule has 0 amide bonds. The average Bonchev–Trinajstić information content (AvgIpc) is 1.96. The maximum Gasteiger partial charge on any atom is 0.134 e. The monoisotopic (exact) mass is 328 g/mol. The zero-order chi connectivity index (χ0) is 8.43. The first-order chi connectivity index (χ1) is 5.15. The van der Waals surface area contributed by atoms with Crippen LogP contribution in [0, 0.1) is 3.57 Å². The molecular formula is C7H6BrIO2. The van der Waals surface area contributed by atoms with E-state index in [1.165, 1.54) is 0 Å². The molecule has 2 nitrogen and oxygen atoms in total. The van der Waals surface area contributed by atoms with Gasteiger partial charge in [-0.2, -0.15) is 0 Å². The summed E-state index contributed by atoms with van der Waals surface area (Å²) in [5.41, 5.74) is 0.545. The van der Waals surface area contributed by atoms with Crippen LogP contribution in [0.25, 0.3) is 0 Å². The summed E-state index contributed by atoms with van der Waals surface area (Å²) in [6.45, 7) is -0.138. The van der Waals surface area contributed by atoms with E-state index in [0.717, 1.165) is 8.04 Å². The standard InChI is InChI=1S/C7H6BrIO2/c8-5-1-4(3-10)7(11)6(9)2-5/h1-2,10-11H,3H2. The van der Waals surface area contributed by atoms with Crippen LogP contribution in [-0.4, -0.2) is 10.2 Å². The molecule has 1 aromatic carbocycles.